The van der Waals surface area contributed by atoms with Gasteiger partial charge in [-0.05, 0) is 18.6 Å². The molecule has 18 heavy (non-hydrogen) atoms. The number of aliphatic hydroxyl groups is 1. The van der Waals surface area contributed by atoms with Gasteiger partial charge in [0.05, 0.1) is 11.8 Å². The van der Waals surface area contributed by atoms with Crippen molar-refractivity contribution in [2.75, 3.05) is 24.5 Å². The molecule has 1 fully saturated rings. The van der Waals surface area contributed by atoms with E-state index < -0.39 is 10.0 Å². The molecule has 0 radical (unpaired) electrons. The van der Waals surface area contributed by atoms with Gasteiger partial charge in [-0.1, -0.05) is 19.1 Å². The van der Waals surface area contributed by atoms with Crippen molar-refractivity contribution in [1.82, 2.24) is 4.72 Å². The third kappa shape index (κ3) is 2.66. The summed E-state index contributed by atoms with van der Waals surface area (Å²) < 4.78 is 26.7. The van der Waals surface area contributed by atoms with Crippen molar-refractivity contribution in [3.8, 4) is 0 Å². The molecule has 0 amide bonds. The molecule has 0 unspecified atom stereocenters. The fourth-order valence-corrected chi connectivity index (χ4v) is 3.44. The quantitative estimate of drug-likeness (QED) is 0.838. The van der Waals surface area contributed by atoms with Crippen molar-refractivity contribution in [1.29, 1.82) is 0 Å². The summed E-state index contributed by atoms with van der Waals surface area (Å²) in [7, 11) is -3.47. The smallest absolute Gasteiger partial charge is 0.242 e. The minimum absolute atomic E-state index is 0.279. The Bertz CT molecular complexity index is 516. The maximum atomic E-state index is 12.1. The maximum Gasteiger partial charge on any atom is 0.242 e. The van der Waals surface area contributed by atoms with Gasteiger partial charge in [0.2, 0.25) is 10.0 Å². The van der Waals surface area contributed by atoms with Crippen LogP contribution in [0.3, 0.4) is 0 Å². The second-order valence-corrected chi connectivity index (χ2v) is 6.09. The van der Waals surface area contributed by atoms with Crippen molar-refractivity contribution < 1.29 is 13.5 Å². The molecular weight excluding hydrogens is 252 g/mol. The number of β-amino-alcohol motifs (C(OH)–C–C–N with tert-alkyl or cyclic N) is 1. The van der Waals surface area contributed by atoms with Crippen molar-refractivity contribution in [3.63, 3.8) is 0 Å². The first kappa shape index (κ1) is 13.3. The number of para-hydroxylation sites is 1. The van der Waals surface area contributed by atoms with Gasteiger partial charge in [-0.25, -0.2) is 13.1 Å². The van der Waals surface area contributed by atoms with Crippen molar-refractivity contribution in [2.24, 2.45) is 0 Å². The number of rotatable bonds is 4. The summed E-state index contributed by atoms with van der Waals surface area (Å²) in [5.41, 5.74) is 0.662. The van der Waals surface area contributed by atoms with Gasteiger partial charge in [0.1, 0.15) is 4.90 Å². The van der Waals surface area contributed by atoms with E-state index in [1.54, 1.807) is 25.1 Å². The van der Waals surface area contributed by atoms with Crippen LogP contribution in [0.4, 0.5) is 5.69 Å². The highest BCUT2D eigenvalue weighted by Crippen LogP contribution is 2.27. The highest BCUT2D eigenvalue weighted by atomic mass is 32.2. The summed E-state index contributed by atoms with van der Waals surface area (Å²) in [6.45, 7) is 3.28. The molecule has 0 bridgehead atoms. The number of anilines is 1. The van der Waals surface area contributed by atoms with Crippen LogP contribution in [0.25, 0.3) is 0 Å². The molecule has 0 aromatic heterocycles. The lowest BCUT2D eigenvalue weighted by atomic mass is 10.3. The molecule has 6 heteroatoms. The van der Waals surface area contributed by atoms with Gasteiger partial charge in [-0.2, -0.15) is 0 Å². The lowest BCUT2D eigenvalue weighted by Gasteiger charge is -2.21. The Morgan fingerprint density at radius 1 is 1.44 bits per heavy atom. The number of hydrogen-bond donors (Lipinski definition) is 2. The first-order valence-electron chi connectivity index (χ1n) is 6.06. The Labute approximate surface area is 107 Å². The molecule has 2 N–H and O–H groups in total. The summed E-state index contributed by atoms with van der Waals surface area (Å²) in [5, 5.41) is 9.55. The van der Waals surface area contributed by atoms with E-state index >= 15 is 0 Å². The van der Waals surface area contributed by atoms with Gasteiger partial charge in [-0.3, -0.25) is 0 Å². The Balaban J connectivity index is 2.37. The molecule has 1 atom stereocenters. The third-order valence-electron chi connectivity index (χ3n) is 2.99. The normalized spacial score (nSPS) is 20.3. The molecular formula is C12H18N2O3S. The van der Waals surface area contributed by atoms with Crippen LogP contribution in [-0.2, 0) is 10.0 Å². The van der Waals surface area contributed by atoms with E-state index in [9.17, 15) is 13.5 Å². The summed E-state index contributed by atoms with van der Waals surface area (Å²) in [4.78, 5) is 2.19. The second kappa shape index (κ2) is 5.26. The number of nitrogens with zero attached hydrogens (tertiary/aromatic N) is 1. The Morgan fingerprint density at radius 2 is 2.17 bits per heavy atom. The second-order valence-electron chi connectivity index (χ2n) is 4.36. The number of benzene rings is 1. The van der Waals surface area contributed by atoms with Crippen LogP contribution >= 0.6 is 0 Å². The van der Waals surface area contributed by atoms with E-state index in [0.717, 1.165) is 0 Å². The zero-order chi connectivity index (χ0) is 13.2. The average molecular weight is 270 g/mol. The molecule has 1 aliphatic heterocycles. The summed E-state index contributed by atoms with van der Waals surface area (Å²) in [5.74, 6) is 0. The average Bonchev–Trinajstić information content (AvgIpc) is 2.76. The van der Waals surface area contributed by atoms with Crippen LogP contribution in [0.1, 0.15) is 13.3 Å². The predicted molar refractivity (Wildman–Crippen MR) is 70.1 cm³/mol. The minimum Gasteiger partial charge on any atom is -0.391 e. The van der Waals surface area contributed by atoms with Crippen LogP contribution in [0.15, 0.2) is 29.2 Å². The third-order valence-corrected chi connectivity index (χ3v) is 4.59. The molecule has 1 aromatic rings. The van der Waals surface area contributed by atoms with E-state index in [-0.39, 0.29) is 11.0 Å². The molecule has 0 saturated carbocycles. The molecule has 0 aliphatic carbocycles. The minimum atomic E-state index is -3.47. The van der Waals surface area contributed by atoms with Crippen molar-refractivity contribution >= 4 is 15.7 Å². The number of hydrogen-bond acceptors (Lipinski definition) is 4. The number of nitrogens with one attached hydrogen (secondary N) is 1. The fourth-order valence-electron chi connectivity index (χ4n) is 2.17. The van der Waals surface area contributed by atoms with Gasteiger partial charge in [0.15, 0.2) is 0 Å². The van der Waals surface area contributed by atoms with Crippen LogP contribution in [-0.4, -0.2) is 39.3 Å². The largest absolute Gasteiger partial charge is 0.391 e. The Morgan fingerprint density at radius 3 is 2.78 bits per heavy atom. The van der Waals surface area contributed by atoms with Crippen molar-refractivity contribution in [3.05, 3.63) is 24.3 Å². The lowest BCUT2D eigenvalue weighted by molar-refractivity contribution is 0.198. The van der Waals surface area contributed by atoms with Crippen LogP contribution in [0.2, 0.25) is 0 Å². The van der Waals surface area contributed by atoms with Gasteiger partial charge in [-0.15, -0.1) is 0 Å². The van der Waals surface area contributed by atoms with Crippen molar-refractivity contribution in [2.45, 2.75) is 24.3 Å². The molecule has 0 spiro atoms. The molecule has 100 valence electrons. The molecule has 1 aromatic carbocycles. The van der Waals surface area contributed by atoms with Gasteiger partial charge in [0, 0.05) is 19.6 Å². The molecule has 5 nitrogen and oxygen atoms in total. The summed E-state index contributed by atoms with van der Waals surface area (Å²) in [6, 6.07) is 6.89. The molecule has 1 heterocycles. The van der Waals surface area contributed by atoms with Crippen LogP contribution in [0, 0.1) is 0 Å². The standard InChI is InChI=1S/C12H18N2O3S/c1-2-13-18(16,17)12-6-4-3-5-11(12)14-8-7-10(15)9-14/h3-6,10,13,15H,2,7-9H2,1H3/t10-/m1/s1. The van der Waals surface area contributed by atoms with Crippen LogP contribution < -0.4 is 9.62 Å². The highest BCUT2D eigenvalue weighted by molar-refractivity contribution is 7.89. The summed E-state index contributed by atoms with van der Waals surface area (Å²) in [6.07, 6.45) is 0.301. The van der Waals surface area contributed by atoms with E-state index in [2.05, 4.69) is 4.72 Å². The van der Waals surface area contributed by atoms with E-state index in [1.807, 2.05) is 11.0 Å². The summed E-state index contributed by atoms with van der Waals surface area (Å²) >= 11 is 0. The fraction of sp³-hybridized carbons (Fsp3) is 0.500. The number of sulfonamides is 1. The number of aliphatic hydroxyl groups excluding tert-OH is 1. The highest BCUT2D eigenvalue weighted by Gasteiger charge is 2.26. The first-order chi connectivity index (χ1) is 8.54. The van der Waals surface area contributed by atoms with E-state index in [4.69, 9.17) is 0 Å². The monoisotopic (exact) mass is 270 g/mol. The van der Waals surface area contributed by atoms with Gasteiger partial charge >= 0.3 is 0 Å². The van der Waals surface area contributed by atoms with E-state index in [0.29, 0.717) is 31.7 Å². The van der Waals surface area contributed by atoms with Gasteiger partial charge < -0.3 is 10.0 Å². The molecule has 2 rings (SSSR count). The maximum absolute atomic E-state index is 12.1. The Hall–Kier alpha value is -1.11. The lowest BCUT2D eigenvalue weighted by Crippen LogP contribution is -2.28. The van der Waals surface area contributed by atoms with Crippen LogP contribution in [0.5, 0.6) is 0 Å². The Kier molecular flexibility index (Phi) is 3.89. The first-order valence-corrected chi connectivity index (χ1v) is 7.54. The van der Waals surface area contributed by atoms with E-state index in [1.165, 1.54) is 0 Å². The molecule has 1 aliphatic rings. The SMILES string of the molecule is CCNS(=O)(=O)c1ccccc1N1CC[C@@H](O)C1. The molecule has 1 saturated heterocycles. The predicted octanol–water partition coefficient (Wildman–Crippen LogP) is 0.556. The zero-order valence-electron chi connectivity index (χ0n) is 10.3. The zero-order valence-corrected chi connectivity index (χ0v) is 11.2. The van der Waals surface area contributed by atoms with Gasteiger partial charge in [0.25, 0.3) is 0 Å². The topological polar surface area (TPSA) is 69.6 Å².